The maximum absolute atomic E-state index is 11.0. The molecule has 3 heteroatoms. The number of unbranched alkanes of at least 4 members (excludes halogenated alkanes) is 1. The van der Waals surface area contributed by atoms with Crippen LogP contribution >= 0.6 is 0 Å². The smallest absolute Gasteiger partial charge is 0.308 e. The van der Waals surface area contributed by atoms with Crippen molar-refractivity contribution in [2.24, 2.45) is 0 Å². The molecule has 0 fully saturated rings. The van der Waals surface area contributed by atoms with Gasteiger partial charge in [0.15, 0.2) is 0 Å². The second-order valence-electron chi connectivity index (χ2n) is 4.08. The number of furan rings is 1. The molecule has 1 heterocycles. The van der Waals surface area contributed by atoms with Crippen LogP contribution in [0.2, 0.25) is 0 Å². The summed E-state index contributed by atoms with van der Waals surface area (Å²) in [5, 5.41) is 0.869. The Bertz CT molecular complexity index is 525. The number of ether oxygens (including phenoxy) is 1. The van der Waals surface area contributed by atoms with Crippen LogP contribution in [0.3, 0.4) is 0 Å². The van der Waals surface area contributed by atoms with Crippen LogP contribution in [0, 0.1) is 0 Å². The van der Waals surface area contributed by atoms with Gasteiger partial charge in [0.25, 0.3) is 0 Å². The van der Waals surface area contributed by atoms with Crippen molar-refractivity contribution in [1.29, 1.82) is 0 Å². The summed E-state index contributed by atoms with van der Waals surface area (Å²) in [6, 6.07) is 7.46. The molecule has 90 valence electrons. The molecule has 0 aliphatic carbocycles. The quantitative estimate of drug-likeness (QED) is 0.596. The van der Waals surface area contributed by atoms with Gasteiger partial charge in [-0.05, 0) is 24.6 Å². The van der Waals surface area contributed by atoms with Gasteiger partial charge in [-0.3, -0.25) is 4.79 Å². The number of rotatable bonds is 4. The van der Waals surface area contributed by atoms with Gasteiger partial charge in [-0.25, -0.2) is 0 Å². The highest BCUT2D eigenvalue weighted by Gasteiger charge is 2.09. The zero-order chi connectivity index (χ0) is 12.3. The average molecular weight is 232 g/mol. The highest BCUT2D eigenvalue weighted by Crippen LogP contribution is 2.29. The molecule has 0 amide bonds. The third kappa shape index (κ3) is 2.67. The molecule has 0 aliphatic heterocycles. The first-order valence-corrected chi connectivity index (χ1v) is 5.90. The molecule has 1 aromatic heterocycles. The Hall–Kier alpha value is -1.77. The van der Waals surface area contributed by atoms with E-state index in [0.29, 0.717) is 5.75 Å². The number of aryl methyl sites for hydroxylation is 1. The van der Waals surface area contributed by atoms with Gasteiger partial charge in [0.1, 0.15) is 17.1 Å². The zero-order valence-corrected chi connectivity index (χ0v) is 10.2. The Morgan fingerprint density at radius 1 is 1.41 bits per heavy atom. The third-order valence-corrected chi connectivity index (χ3v) is 2.60. The van der Waals surface area contributed by atoms with E-state index in [1.165, 1.54) is 6.92 Å². The van der Waals surface area contributed by atoms with Crippen LogP contribution in [-0.2, 0) is 11.2 Å². The Labute approximate surface area is 100 Å². The zero-order valence-electron chi connectivity index (χ0n) is 10.2. The molecule has 0 radical (unpaired) electrons. The first-order valence-electron chi connectivity index (χ1n) is 5.90. The molecule has 17 heavy (non-hydrogen) atoms. The first-order chi connectivity index (χ1) is 8.20. The number of fused-ring (bicyclic) bond motifs is 1. The highest BCUT2D eigenvalue weighted by atomic mass is 16.5. The number of hydrogen-bond acceptors (Lipinski definition) is 3. The summed E-state index contributed by atoms with van der Waals surface area (Å²) in [4.78, 5) is 11.0. The summed E-state index contributed by atoms with van der Waals surface area (Å²) < 4.78 is 10.8. The van der Waals surface area contributed by atoms with Crippen LogP contribution in [-0.4, -0.2) is 5.97 Å². The lowest BCUT2D eigenvalue weighted by atomic mass is 10.2. The molecular formula is C14H16O3. The van der Waals surface area contributed by atoms with Crippen LogP contribution < -0.4 is 4.74 Å². The van der Waals surface area contributed by atoms with Gasteiger partial charge in [0, 0.05) is 13.3 Å². The monoisotopic (exact) mass is 232 g/mol. The minimum Gasteiger partial charge on any atom is -0.461 e. The molecule has 0 unspecified atom stereocenters. The molecule has 0 N–H and O–H groups in total. The van der Waals surface area contributed by atoms with Crippen LogP contribution in [0.15, 0.2) is 28.7 Å². The fourth-order valence-electron chi connectivity index (χ4n) is 1.80. The number of carbonyl (C=O) groups excluding carboxylic acids is 1. The van der Waals surface area contributed by atoms with E-state index >= 15 is 0 Å². The van der Waals surface area contributed by atoms with Crippen LogP contribution in [0.5, 0.6) is 5.75 Å². The van der Waals surface area contributed by atoms with E-state index in [0.717, 1.165) is 36.0 Å². The fourth-order valence-corrected chi connectivity index (χ4v) is 1.80. The summed E-state index contributed by atoms with van der Waals surface area (Å²) in [5.41, 5.74) is 0.773. The number of esters is 1. The number of hydrogen-bond donors (Lipinski definition) is 0. The van der Waals surface area contributed by atoms with Crippen molar-refractivity contribution in [3.8, 4) is 5.75 Å². The van der Waals surface area contributed by atoms with E-state index < -0.39 is 0 Å². The molecule has 0 spiro atoms. The lowest BCUT2D eigenvalue weighted by molar-refractivity contribution is -0.131. The minimum absolute atomic E-state index is 0.311. The van der Waals surface area contributed by atoms with E-state index in [9.17, 15) is 4.79 Å². The van der Waals surface area contributed by atoms with Crippen molar-refractivity contribution < 1.29 is 13.9 Å². The van der Waals surface area contributed by atoms with Crippen molar-refractivity contribution in [2.45, 2.75) is 33.1 Å². The second-order valence-corrected chi connectivity index (χ2v) is 4.08. The Kier molecular flexibility index (Phi) is 3.47. The van der Waals surface area contributed by atoms with Crippen LogP contribution in [0.25, 0.3) is 11.0 Å². The number of carbonyl (C=O) groups is 1. The van der Waals surface area contributed by atoms with E-state index in [-0.39, 0.29) is 5.97 Å². The fraction of sp³-hybridized carbons (Fsp3) is 0.357. The normalized spacial score (nSPS) is 10.7. The molecule has 0 aliphatic rings. The summed E-state index contributed by atoms with van der Waals surface area (Å²) in [6.45, 7) is 3.55. The van der Waals surface area contributed by atoms with Crippen molar-refractivity contribution >= 4 is 16.9 Å². The van der Waals surface area contributed by atoms with E-state index in [1.54, 1.807) is 6.07 Å². The molecule has 2 rings (SSSR count). The molecule has 0 saturated carbocycles. The maximum atomic E-state index is 11.0. The molecule has 0 atom stereocenters. The van der Waals surface area contributed by atoms with Gasteiger partial charge < -0.3 is 9.15 Å². The van der Waals surface area contributed by atoms with Gasteiger partial charge in [-0.2, -0.15) is 0 Å². The van der Waals surface area contributed by atoms with Crippen molar-refractivity contribution in [3.63, 3.8) is 0 Å². The first kappa shape index (κ1) is 11.7. The number of benzene rings is 1. The summed E-state index contributed by atoms with van der Waals surface area (Å²) in [5.74, 6) is 1.21. The molecule has 2 aromatic rings. The standard InChI is InChI=1S/C14H16O3/c1-3-4-6-11-9-12-13(16-10(2)15)7-5-8-14(12)17-11/h5,7-9H,3-4,6H2,1-2H3. The van der Waals surface area contributed by atoms with Gasteiger partial charge in [0.05, 0.1) is 5.39 Å². The minimum atomic E-state index is -0.311. The second kappa shape index (κ2) is 5.04. The van der Waals surface area contributed by atoms with Crippen LogP contribution in [0.1, 0.15) is 32.4 Å². The van der Waals surface area contributed by atoms with Gasteiger partial charge in [-0.15, -0.1) is 0 Å². The van der Waals surface area contributed by atoms with Gasteiger partial charge in [0.2, 0.25) is 0 Å². The lowest BCUT2D eigenvalue weighted by Gasteiger charge is -2.00. The Morgan fingerprint density at radius 2 is 2.24 bits per heavy atom. The predicted octanol–water partition coefficient (Wildman–Crippen LogP) is 3.70. The Morgan fingerprint density at radius 3 is 2.94 bits per heavy atom. The maximum Gasteiger partial charge on any atom is 0.308 e. The predicted molar refractivity (Wildman–Crippen MR) is 66.1 cm³/mol. The molecule has 3 nitrogen and oxygen atoms in total. The average Bonchev–Trinajstić information content (AvgIpc) is 2.69. The SMILES string of the molecule is CCCCc1cc2c(OC(C)=O)cccc2o1. The summed E-state index contributed by atoms with van der Waals surface area (Å²) in [7, 11) is 0. The van der Waals surface area contributed by atoms with E-state index in [1.807, 2.05) is 18.2 Å². The molecular weight excluding hydrogens is 216 g/mol. The lowest BCUT2D eigenvalue weighted by Crippen LogP contribution is -2.01. The van der Waals surface area contributed by atoms with Gasteiger partial charge in [-0.1, -0.05) is 19.4 Å². The molecule has 1 aromatic carbocycles. The van der Waals surface area contributed by atoms with Crippen molar-refractivity contribution in [2.75, 3.05) is 0 Å². The van der Waals surface area contributed by atoms with Crippen LogP contribution in [0.4, 0.5) is 0 Å². The topological polar surface area (TPSA) is 39.4 Å². The third-order valence-electron chi connectivity index (χ3n) is 2.60. The van der Waals surface area contributed by atoms with E-state index in [2.05, 4.69) is 6.92 Å². The largest absolute Gasteiger partial charge is 0.461 e. The van der Waals surface area contributed by atoms with E-state index in [4.69, 9.17) is 9.15 Å². The Balaban J connectivity index is 2.34. The molecule has 0 bridgehead atoms. The van der Waals surface area contributed by atoms with Gasteiger partial charge >= 0.3 is 5.97 Å². The van der Waals surface area contributed by atoms with Crippen molar-refractivity contribution in [1.82, 2.24) is 0 Å². The summed E-state index contributed by atoms with van der Waals surface area (Å²) >= 11 is 0. The highest BCUT2D eigenvalue weighted by molar-refractivity contribution is 5.87. The van der Waals surface area contributed by atoms with Crippen molar-refractivity contribution in [3.05, 3.63) is 30.0 Å². The summed E-state index contributed by atoms with van der Waals surface area (Å²) in [6.07, 6.45) is 3.15. The molecule has 0 saturated heterocycles.